The van der Waals surface area contributed by atoms with Crippen molar-refractivity contribution >= 4 is 63.6 Å². The Morgan fingerprint density at radius 2 is 1.79 bits per heavy atom. The van der Waals surface area contributed by atoms with Crippen LogP contribution < -0.4 is 9.47 Å². The first-order chi connectivity index (χ1) is 11.1. The number of para-hydroxylation sites is 1. The predicted octanol–water partition coefficient (Wildman–Crippen LogP) is 1.53. The first-order valence-corrected chi connectivity index (χ1v) is 6.56. The second kappa shape index (κ2) is 5.90. The summed E-state index contributed by atoms with van der Waals surface area (Å²) in [4.78, 5) is 31.5. The molecule has 9 heteroatoms. The van der Waals surface area contributed by atoms with Crippen molar-refractivity contribution in [2.45, 2.75) is 0 Å². The summed E-state index contributed by atoms with van der Waals surface area (Å²) in [5, 5.41) is 18.7. The number of carboxylic acids is 2. The molecule has 115 valence electrons. The molecule has 0 amide bonds. The first-order valence-electron chi connectivity index (χ1n) is 6.56. The third kappa shape index (κ3) is 2.35. The summed E-state index contributed by atoms with van der Waals surface area (Å²) >= 11 is 0. The van der Waals surface area contributed by atoms with Crippen molar-refractivity contribution in [2.75, 3.05) is 6.79 Å². The third-order valence-electron chi connectivity index (χ3n) is 3.54. The zero-order valence-corrected chi connectivity index (χ0v) is 14.4. The van der Waals surface area contributed by atoms with Crippen LogP contribution in [0.15, 0.2) is 24.3 Å². The largest absolute Gasteiger partial charge is 0.478 e. The summed E-state index contributed by atoms with van der Waals surface area (Å²) in [5.74, 6) is -2.06. The van der Waals surface area contributed by atoms with Gasteiger partial charge in [0.2, 0.25) is 6.79 Å². The van der Waals surface area contributed by atoms with Gasteiger partial charge in [-0.3, -0.25) is 0 Å². The third-order valence-corrected chi connectivity index (χ3v) is 3.54. The summed E-state index contributed by atoms with van der Waals surface area (Å²) in [6, 6.07) is 6.08. The van der Waals surface area contributed by atoms with Gasteiger partial charge in [0, 0.05) is 35.6 Å². The molecule has 0 aliphatic carbocycles. The van der Waals surface area contributed by atoms with Gasteiger partial charge in [0.1, 0.15) is 16.6 Å². The minimum atomic E-state index is -1.25. The van der Waals surface area contributed by atoms with E-state index in [1.54, 1.807) is 12.1 Å². The number of carbonyl (C=O) groups is 2. The number of hydrogen-bond donors (Lipinski definition) is 2. The summed E-state index contributed by atoms with van der Waals surface area (Å²) in [6.45, 7) is -0.0914. The number of rotatable bonds is 2. The molecule has 0 fully saturated rings. The molecule has 2 heterocycles. The molecular formula is C15H8N2NaO6. The van der Waals surface area contributed by atoms with Crippen LogP contribution in [0, 0.1) is 0 Å². The van der Waals surface area contributed by atoms with Crippen LogP contribution in [0.3, 0.4) is 0 Å². The van der Waals surface area contributed by atoms with Gasteiger partial charge < -0.3 is 19.7 Å². The molecular weight excluding hydrogens is 327 g/mol. The maximum absolute atomic E-state index is 11.6. The molecule has 3 aromatic rings. The molecule has 0 unspecified atom stereocenters. The van der Waals surface area contributed by atoms with E-state index in [1.807, 2.05) is 0 Å². The number of hydrogen-bond acceptors (Lipinski definition) is 6. The van der Waals surface area contributed by atoms with Crippen LogP contribution >= 0.6 is 0 Å². The van der Waals surface area contributed by atoms with Gasteiger partial charge in [-0.2, -0.15) is 0 Å². The van der Waals surface area contributed by atoms with Gasteiger partial charge in [0.05, 0.1) is 16.6 Å². The average Bonchev–Trinajstić information content (AvgIpc) is 2.96. The molecule has 0 saturated heterocycles. The monoisotopic (exact) mass is 335 g/mol. The molecule has 2 N–H and O–H groups in total. The van der Waals surface area contributed by atoms with Crippen molar-refractivity contribution in [3.63, 3.8) is 0 Å². The van der Waals surface area contributed by atoms with Crippen LogP contribution in [0.2, 0.25) is 0 Å². The molecule has 8 nitrogen and oxygen atoms in total. The van der Waals surface area contributed by atoms with E-state index < -0.39 is 11.9 Å². The second-order valence-corrected chi connectivity index (χ2v) is 4.86. The molecule has 0 bridgehead atoms. The van der Waals surface area contributed by atoms with Gasteiger partial charge in [0.25, 0.3) is 0 Å². The quantitative estimate of drug-likeness (QED) is 0.534. The fourth-order valence-electron chi connectivity index (χ4n) is 2.57. The maximum Gasteiger partial charge on any atom is 0.341 e. The normalized spacial score (nSPS) is 12.2. The van der Waals surface area contributed by atoms with Crippen molar-refractivity contribution in [1.29, 1.82) is 0 Å². The molecule has 4 rings (SSSR count). The Bertz CT molecular complexity index is 1020. The van der Waals surface area contributed by atoms with E-state index in [4.69, 9.17) is 9.47 Å². The maximum atomic E-state index is 11.6. The molecule has 1 radical (unpaired) electrons. The van der Waals surface area contributed by atoms with Crippen LogP contribution in [0.5, 0.6) is 11.5 Å². The second-order valence-electron chi connectivity index (χ2n) is 4.86. The fraction of sp³-hybridized carbons (Fsp3) is 0.0667. The first kappa shape index (κ1) is 16.4. The minimum absolute atomic E-state index is 0. The van der Waals surface area contributed by atoms with Crippen molar-refractivity contribution < 1.29 is 29.3 Å². The number of benzene rings is 2. The molecule has 1 aliphatic heterocycles. The van der Waals surface area contributed by atoms with Gasteiger partial charge in [-0.25, -0.2) is 19.6 Å². The molecule has 1 aromatic heterocycles. The van der Waals surface area contributed by atoms with Crippen molar-refractivity contribution in [2.24, 2.45) is 0 Å². The van der Waals surface area contributed by atoms with Crippen LogP contribution in [-0.4, -0.2) is 68.5 Å². The number of nitrogens with zero attached hydrogens (tertiary/aromatic N) is 2. The van der Waals surface area contributed by atoms with Crippen molar-refractivity contribution in [1.82, 2.24) is 9.97 Å². The van der Waals surface area contributed by atoms with Crippen LogP contribution in [0.4, 0.5) is 0 Å². The Morgan fingerprint density at radius 3 is 2.50 bits per heavy atom. The Labute approximate surface area is 156 Å². The average molecular weight is 335 g/mol. The summed E-state index contributed by atoms with van der Waals surface area (Å²) in [6.07, 6.45) is 0. The zero-order valence-electron chi connectivity index (χ0n) is 12.4. The van der Waals surface area contributed by atoms with Gasteiger partial charge >= 0.3 is 11.9 Å². The fourth-order valence-corrected chi connectivity index (χ4v) is 2.57. The van der Waals surface area contributed by atoms with Crippen molar-refractivity contribution in [3.05, 3.63) is 35.4 Å². The Hall–Kier alpha value is -2.42. The Morgan fingerprint density at radius 1 is 1.00 bits per heavy atom. The Balaban J connectivity index is 0.00000169. The van der Waals surface area contributed by atoms with E-state index >= 15 is 0 Å². The summed E-state index contributed by atoms with van der Waals surface area (Å²) in [5.41, 5.74) is 0.585. The summed E-state index contributed by atoms with van der Waals surface area (Å²) < 4.78 is 10.4. The van der Waals surface area contributed by atoms with Gasteiger partial charge in [-0.1, -0.05) is 6.07 Å². The molecule has 0 spiro atoms. The van der Waals surface area contributed by atoms with Gasteiger partial charge in [-0.05, 0) is 12.1 Å². The van der Waals surface area contributed by atoms with Gasteiger partial charge in [0.15, 0.2) is 11.5 Å². The molecule has 24 heavy (non-hydrogen) atoms. The van der Waals surface area contributed by atoms with Crippen LogP contribution in [-0.2, 0) is 0 Å². The molecule has 0 atom stereocenters. The topological polar surface area (TPSA) is 119 Å². The van der Waals surface area contributed by atoms with E-state index in [9.17, 15) is 19.8 Å². The van der Waals surface area contributed by atoms with E-state index in [-0.39, 0.29) is 70.0 Å². The van der Waals surface area contributed by atoms with Crippen LogP contribution in [0.25, 0.3) is 22.1 Å². The van der Waals surface area contributed by atoms with E-state index in [1.165, 1.54) is 12.1 Å². The Kier molecular flexibility index (Phi) is 4.04. The number of carboxylic acid groups (broad SMARTS) is 2. The van der Waals surface area contributed by atoms with Gasteiger partial charge in [-0.15, -0.1) is 0 Å². The molecule has 0 saturated carbocycles. The SMILES string of the molecule is O=C(O)c1cccc2nc3cc4c(c(C(=O)O)c3nc12)OCO4.[Na]. The number of aromatic nitrogens is 2. The number of fused-ring (bicyclic) bond motifs is 3. The smallest absolute Gasteiger partial charge is 0.341 e. The number of aromatic carboxylic acids is 2. The number of ether oxygens (including phenoxy) is 2. The van der Waals surface area contributed by atoms with E-state index in [0.29, 0.717) is 11.0 Å². The minimum Gasteiger partial charge on any atom is -0.478 e. The van der Waals surface area contributed by atoms with E-state index in [2.05, 4.69) is 9.97 Å². The summed E-state index contributed by atoms with van der Waals surface area (Å²) in [7, 11) is 0. The zero-order chi connectivity index (χ0) is 16.1. The van der Waals surface area contributed by atoms with Crippen LogP contribution in [0.1, 0.15) is 20.7 Å². The standard InChI is InChI=1S/C15H8N2O6.Na/c18-14(19)6-2-1-3-7-11(6)17-12-8(16-7)4-9-13(23-5-22-9)10(12)15(20)21;/h1-4H,5H2,(H,18,19)(H,20,21);. The van der Waals surface area contributed by atoms with Crippen molar-refractivity contribution in [3.8, 4) is 11.5 Å². The predicted molar refractivity (Wildman–Crippen MR) is 82.8 cm³/mol. The molecule has 2 aromatic carbocycles. The van der Waals surface area contributed by atoms with E-state index in [0.717, 1.165) is 0 Å². The molecule has 1 aliphatic rings.